The number of nitrogens with one attached hydrogen (secondary N) is 1. The Morgan fingerprint density at radius 2 is 1.92 bits per heavy atom. The number of hydrogen-bond donors (Lipinski definition) is 2. The molecule has 3 aromatic rings. The van der Waals surface area contributed by atoms with Crippen LogP contribution in [0, 0.1) is 6.92 Å². The second-order valence-corrected chi connectivity index (χ2v) is 8.25. The Hall–Kier alpha value is -2.94. The Morgan fingerprint density at radius 1 is 1.19 bits per heavy atom. The molecule has 0 atom stereocenters. The lowest BCUT2D eigenvalue weighted by Crippen LogP contribution is -2.20. The lowest BCUT2D eigenvalue weighted by Gasteiger charge is -2.12. The summed E-state index contributed by atoms with van der Waals surface area (Å²) < 4.78 is 23.4. The van der Waals surface area contributed by atoms with Crippen molar-refractivity contribution in [3.05, 3.63) is 63.8 Å². The molecule has 2 heterocycles. The quantitative estimate of drug-likeness (QED) is 0.650. The average Bonchev–Trinajstić information content (AvgIpc) is 2.56. The van der Waals surface area contributed by atoms with Crippen molar-refractivity contribution in [2.75, 3.05) is 11.6 Å². The van der Waals surface area contributed by atoms with Crippen molar-refractivity contribution >= 4 is 26.6 Å². The molecule has 26 heavy (non-hydrogen) atoms. The summed E-state index contributed by atoms with van der Waals surface area (Å²) in [6, 6.07) is 8.48. The van der Waals surface area contributed by atoms with Crippen LogP contribution < -0.4 is 10.9 Å². The van der Waals surface area contributed by atoms with E-state index in [0.29, 0.717) is 33.6 Å². The summed E-state index contributed by atoms with van der Waals surface area (Å²) in [5.41, 5.74) is 2.19. The van der Waals surface area contributed by atoms with E-state index in [4.69, 9.17) is 0 Å². The van der Waals surface area contributed by atoms with Crippen LogP contribution in [-0.2, 0) is 22.1 Å². The van der Waals surface area contributed by atoms with Crippen LogP contribution in [0.2, 0.25) is 0 Å². The molecular weight excluding hydrogens is 356 g/mol. The maximum absolute atomic E-state index is 11.9. The summed E-state index contributed by atoms with van der Waals surface area (Å²) in [6.07, 6.45) is 2.47. The van der Waals surface area contributed by atoms with Gasteiger partial charge >= 0.3 is 0 Å². The van der Waals surface area contributed by atoms with Crippen molar-refractivity contribution in [1.82, 2.24) is 14.7 Å². The molecule has 0 aliphatic rings. The van der Waals surface area contributed by atoms with E-state index in [0.717, 1.165) is 5.56 Å². The normalized spacial score (nSPS) is 11.6. The molecule has 0 saturated heterocycles. The number of rotatable bonds is 5. The van der Waals surface area contributed by atoms with E-state index in [1.165, 1.54) is 18.6 Å². The lowest BCUT2D eigenvalue weighted by molar-refractivity contribution is 0.186. The number of fused-ring (bicyclic) bond motifs is 1. The number of pyridine rings is 1. The molecule has 0 unspecified atom stereocenters. The lowest BCUT2D eigenvalue weighted by atomic mass is 10.1. The van der Waals surface area contributed by atoms with Crippen molar-refractivity contribution in [3.8, 4) is 0 Å². The fourth-order valence-corrected chi connectivity index (χ4v) is 3.55. The zero-order chi connectivity index (χ0) is 18.9. The molecule has 0 bridgehead atoms. The molecule has 136 valence electrons. The molecule has 9 heteroatoms. The van der Waals surface area contributed by atoms with Gasteiger partial charge in [-0.05, 0) is 18.1 Å². The minimum atomic E-state index is -3.11. The summed E-state index contributed by atoms with van der Waals surface area (Å²) in [5.74, 6) is -0.0305. The highest BCUT2D eigenvalue weighted by molar-refractivity contribution is 7.89. The van der Waals surface area contributed by atoms with Crippen LogP contribution in [0.4, 0.5) is 5.69 Å². The second-order valence-electron chi connectivity index (χ2n) is 6.11. The van der Waals surface area contributed by atoms with Crippen LogP contribution in [0.5, 0.6) is 0 Å². The predicted octanol–water partition coefficient (Wildman–Crippen LogP) is 1.49. The van der Waals surface area contributed by atoms with E-state index in [-0.39, 0.29) is 11.4 Å². The third-order valence-corrected chi connectivity index (χ3v) is 4.72. The SMILES string of the molecule is Cc1ncnc2c1c(NCc1cccc(CS(C)(=O)=O)c1)cc(=O)n2O. The van der Waals surface area contributed by atoms with Crippen LogP contribution >= 0.6 is 0 Å². The second kappa shape index (κ2) is 6.75. The number of benzene rings is 1. The van der Waals surface area contributed by atoms with Gasteiger partial charge in [0, 0.05) is 18.9 Å². The molecule has 1 aromatic carbocycles. The molecular formula is C17H18N4O4S. The molecule has 0 aliphatic heterocycles. The minimum Gasteiger partial charge on any atom is -0.423 e. The van der Waals surface area contributed by atoms with Gasteiger partial charge in [0.2, 0.25) is 0 Å². The van der Waals surface area contributed by atoms with Crippen molar-refractivity contribution in [2.24, 2.45) is 0 Å². The van der Waals surface area contributed by atoms with Crippen molar-refractivity contribution in [1.29, 1.82) is 0 Å². The maximum atomic E-state index is 11.9. The van der Waals surface area contributed by atoms with Gasteiger partial charge in [0.05, 0.1) is 22.5 Å². The first-order valence-electron chi connectivity index (χ1n) is 7.80. The third kappa shape index (κ3) is 3.83. The van der Waals surface area contributed by atoms with Gasteiger partial charge in [0.1, 0.15) is 6.33 Å². The molecule has 2 aromatic heterocycles. The molecule has 0 saturated carbocycles. The average molecular weight is 374 g/mol. The Balaban J connectivity index is 1.93. The number of nitrogens with zero attached hydrogens (tertiary/aromatic N) is 3. The summed E-state index contributed by atoms with van der Waals surface area (Å²) >= 11 is 0. The summed E-state index contributed by atoms with van der Waals surface area (Å²) in [5, 5.41) is 13.6. The fraction of sp³-hybridized carbons (Fsp3) is 0.235. The number of hydrogen-bond acceptors (Lipinski definition) is 7. The van der Waals surface area contributed by atoms with Gasteiger partial charge in [-0.15, -0.1) is 4.73 Å². The van der Waals surface area contributed by atoms with Crippen LogP contribution in [-0.4, -0.2) is 34.6 Å². The van der Waals surface area contributed by atoms with Gasteiger partial charge < -0.3 is 10.5 Å². The fourth-order valence-electron chi connectivity index (χ4n) is 2.77. The van der Waals surface area contributed by atoms with E-state index >= 15 is 0 Å². The monoisotopic (exact) mass is 374 g/mol. The maximum Gasteiger partial charge on any atom is 0.286 e. The summed E-state index contributed by atoms with van der Waals surface area (Å²) in [6.45, 7) is 2.13. The largest absolute Gasteiger partial charge is 0.423 e. The molecule has 3 rings (SSSR count). The Labute approximate surface area is 150 Å². The summed E-state index contributed by atoms with van der Waals surface area (Å²) in [4.78, 5) is 20.0. The van der Waals surface area contributed by atoms with Gasteiger partial charge in [-0.3, -0.25) is 4.79 Å². The standard InChI is InChI=1S/C17H18N4O4S/c1-11-16-14(7-15(22)21(23)17(16)20-10-19-11)18-8-12-4-3-5-13(6-12)9-26(2,24)25/h3-7,10,18,23H,8-9H2,1-2H3. The topological polar surface area (TPSA) is 114 Å². The van der Waals surface area contributed by atoms with Crippen LogP contribution in [0.1, 0.15) is 16.8 Å². The molecule has 0 aliphatic carbocycles. The Kier molecular flexibility index (Phi) is 4.64. The third-order valence-electron chi connectivity index (χ3n) is 3.87. The molecule has 0 radical (unpaired) electrons. The molecule has 2 N–H and O–H groups in total. The van der Waals surface area contributed by atoms with Crippen molar-refractivity contribution in [2.45, 2.75) is 19.2 Å². The Morgan fingerprint density at radius 3 is 2.65 bits per heavy atom. The van der Waals surface area contributed by atoms with Gasteiger partial charge in [0.15, 0.2) is 15.5 Å². The van der Waals surface area contributed by atoms with Gasteiger partial charge in [0.25, 0.3) is 5.56 Å². The molecule has 0 fully saturated rings. The van der Waals surface area contributed by atoms with Crippen molar-refractivity contribution < 1.29 is 13.6 Å². The smallest absolute Gasteiger partial charge is 0.286 e. The van der Waals surface area contributed by atoms with Crippen LogP contribution in [0.15, 0.2) is 41.5 Å². The first-order chi connectivity index (χ1) is 12.2. The molecule has 0 spiro atoms. The number of sulfone groups is 1. The zero-order valence-electron chi connectivity index (χ0n) is 14.3. The molecule has 0 amide bonds. The first kappa shape index (κ1) is 17.9. The predicted molar refractivity (Wildman–Crippen MR) is 98.0 cm³/mol. The van der Waals surface area contributed by atoms with E-state index in [1.54, 1.807) is 25.1 Å². The van der Waals surface area contributed by atoms with Crippen molar-refractivity contribution in [3.63, 3.8) is 0 Å². The zero-order valence-corrected chi connectivity index (χ0v) is 15.1. The number of aryl methyl sites for hydroxylation is 1. The highest BCUT2D eigenvalue weighted by Gasteiger charge is 2.12. The van der Waals surface area contributed by atoms with Gasteiger partial charge in [-0.2, -0.15) is 0 Å². The van der Waals surface area contributed by atoms with E-state index < -0.39 is 15.4 Å². The van der Waals surface area contributed by atoms with E-state index in [1.807, 2.05) is 6.07 Å². The minimum absolute atomic E-state index is 0.0305. The molecule has 8 nitrogen and oxygen atoms in total. The van der Waals surface area contributed by atoms with Gasteiger partial charge in [-0.1, -0.05) is 24.3 Å². The highest BCUT2D eigenvalue weighted by atomic mass is 32.2. The highest BCUT2D eigenvalue weighted by Crippen LogP contribution is 2.22. The summed E-state index contributed by atoms with van der Waals surface area (Å²) in [7, 11) is -3.11. The number of anilines is 1. The van der Waals surface area contributed by atoms with Crippen LogP contribution in [0.3, 0.4) is 0 Å². The Bertz CT molecular complexity index is 1140. The van der Waals surface area contributed by atoms with Gasteiger partial charge in [-0.25, -0.2) is 18.4 Å². The first-order valence-corrected chi connectivity index (χ1v) is 9.87. The number of aromatic nitrogens is 3. The van der Waals surface area contributed by atoms with E-state index in [9.17, 15) is 18.4 Å². The van der Waals surface area contributed by atoms with Crippen LogP contribution in [0.25, 0.3) is 11.0 Å². The van der Waals surface area contributed by atoms with E-state index in [2.05, 4.69) is 15.3 Å².